The molecule has 8 aromatic rings. The standard InChI is InChI=1S/C13H13N2O2.C13H18N2.C12H10N2O2.C7H6BrNO2.C7H7NO2.C5H6BNO2.CH4O.B.Br2.Na.H2O4S.H/c1-10-3-4-12(15(16)17)9-13(10)11-5-7-14(2)8-6-11;1-10-3-4-12(14)9-13(10)11-5-7-15(2)8-6-11;1-9-2-3-11(14(15)16)8-12(9)10-4-6-13-7-5-10;1-5-2-3-6(9(10)11)4-7(5)8;1-6-2-4-7(5-3-6)8(9)10;8-6(9)5-1-3-7-4-2-5;1-2;;1-2;;1-5(2,3)4;/h3-9H,1-2H3;3-5,9H,6-8,14H2,1-2H3;2-8H,1H3;2-4H,1H3;2-5H,1H3;1-4,8-9H;2H,1H3;;;;(H2,1,2,3,4);/q+1;;;;;;;;;+1;;-1. The molecule has 3 radical (unpaired) electrons. The van der Waals surface area contributed by atoms with Crippen LogP contribution in [0.1, 0.15) is 41.2 Å². The Kier molecular flexibility index (Phi) is 41.9. The number of nitrogen functional groups attached to an aromatic ring is 1. The molecular weight excluding hydrogens is 1380 g/mol. The number of non-ortho nitro benzene ring substituents is 4. The summed E-state index contributed by atoms with van der Waals surface area (Å²) in [5, 5.41) is 65.9. The second-order valence-electron chi connectivity index (χ2n) is 18.2. The van der Waals surface area contributed by atoms with E-state index in [2.05, 4.69) is 91.2 Å². The third kappa shape index (κ3) is 33.4. The second kappa shape index (κ2) is 44.4. The Hall–Kier alpha value is -7.03. The van der Waals surface area contributed by atoms with Crippen LogP contribution < -0.4 is 45.3 Å². The van der Waals surface area contributed by atoms with Crippen molar-refractivity contribution >= 4 is 110 Å². The number of aliphatic hydroxyl groups excluding tert-OH is 1. The van der Waals surface area contributed by atoms with Crippen molar-refractivity contribution < 1.29 is 87.9 Å². The largest absolute Gasteiger partial charge is 1.00 e. The zero-order valence-electron chi connectivity index (χ0n) is 51.0. The number of aromatic nitrogens is 3. The van der Waals surface area contributed by atoms with Crippen molar-refractivity contribution in [3.05, 3.63) is 255 Å². The van der Waals surface area contributed by atoms with Gasteiger partial charge in [-0.15, -0.1) is 0 Å². The molecule has 0 atom stereocenters. The molecule has 24 nitrogen and oxygen atoms in total. The van der Waals surface area contributed by atoms with Gasteiger partial charge in [0.15, 0.2) is 12.4 Å². The predicted octanol–water partition coefficient (Wildman–Crippen LogP) is 8.37. The minimum Gasteiger partial charge on any atom is -1.00 e. The van der Waals surface area contributed by atoms with E-state index in [1.807, 2.05) is 82.0 Å². The molecular formula is C58H67B2Br3N9NaO15S+. The van der Waals surface area contributed by atoms with E-state index in [1.165, 1.54) is 65.5 Å². The summed E-state index contributed by atoms with van der Waals surface area (Å²) in [7, 11) is -0.961. The Morgan fingerprint density at radius 3 is 1.35 bits per heavy atom. The number of rotatable bonds is 8. The molecule has 1 aliphatic rings. The number of pyridine rings is 3. The van der Waals surface area contributed by atoms with Gasteiger partial charge in [0, 0.05) is 152 Å². The molecule has 89 heavy (non-hydrogen) atoms. The van der Waals surface area contributed by atoms with Crippen LogP contribution in [0.5, 0.6) is 0 Å². The van der Waals surface area contributed by atoms with E-state index in [9.17, 15) is 40.5 Å². The van der Waals surface area contributed by atoms with Gasteiger partial charge in [-0.2, -0.15) is 8.42 Å². The average Bonchev–Trinajstić information content (AvgIpc) is 3.70. The first-order valence-electron chi connectivity index (χ1n) is 25.3. The summed E-state index contributed by atoms with van der Waals surface area (Å²) < 4.78 is 34.3. The van der Waals surface area contributed by atoms with Crippen molar-refractivity contribution in [3.8, 4) is 22.3 Å². The van der Waals surface area contributed by atoms with Crippen LogP contribution in [0.2, 0.25) is 0 Å². The number of aliphatic hydroxyl groups is 1. The first kappa shape index (κ1) is 84.0. The van der Waals surface area contributed by atoms with Crippen LogP contribution in [0.25, 0.3) is 27.8 Å². The predicted molar refractivity (Wildman–Crippen MR) is 356 cm³/mol. The second-order valence-corrected chi connectivity index (χ2v) is 20.0. The van der Waals surface area contributed by atoms with Gasteiger partial charge >= 0.3 is 47.1 Å². The number of anilines is 1. The Bertz CT molecular complexity index is 3620. The summed E-state index contributed by atoms with van der Waals surface area (Å²) >= 11 is 8.71. The van der Waals surface area contributed by atoms with Gasteiger partial charge in [0.25, 0.3) is 22.7 Å². The van der Waals surface area contributed by atoms with Crippen LogP contribution in [-0.2, 0) is 17.4 Å². The molecule has 0 saturated carbocycles. The number of nitro benzene ring substituents is 4. The van der Waals surface area contributed by atoms with Gasteiger partial charge in [-0.25, -0.2) is 4.57 Å². The molecule has 3 aromatic heterocycles. The fraction of sp³-hybridized carbons (Fsp3) is 0.190. The van der Waals surface area contributed by atoms with Crippen molar-refractivity contribution in [1.82, 2.24) is 14.9 Å². The van der Waals surface area contributed by atoms with E-state index in [-0.39, 0.29) is 72.0 Å². The van der Waals surface area contributed by atoms with E-state index >= 15 is 0 Å². The molecule has 0 bridgehead atoms. The van der Waals surface area contributed by atoms with E-state index < -0.39 is 27.4 Å². The minimum absolute atomic E-state index is 0. The van der Waals surface area contributed by atoms with Gasteiger partial charge in [0.1, 0.15) is 7.05 Å². The molecule has 1 aliphatic heterocycles. The summed E-state index contributed by atoms with van der Waals surface area (Å²) in [6, 6.07) is 37.7. The Morgan fingerprint density at radius 2 is 0.966 bits per heavy atom. The third-order valence-corrected chi connectivity index (χ3v) is 12.6. The molecule has 0 saturated heterocycles. The minimum atomic E-state index is -4.67. The molecule has 4 heterocycles. The fourth-order valence-corrected chi connectivity index (χ4v) is 7.55. The van der Waals surface area contributed by atoms with Crippen molar-refractivity contribution in [2.24, 2.45) is 7.05 Å². The van der Waals surface area contributed by atoms with Crippen molar-refractivity contribution in [2.75, 3.05) is 33.0 Å². The van der Waals surface area contributed by atoms with E-state index in [0.717, 1.165) is 81.3 Å². The zero-order chi connectivity index (χ0) is 66.0. The summed E-state index contributed by atoms with van der Waals surface area (Å²) in [6.45, 7) is 12.0. The number of hydrogen-bond acceptors (Lipinski definition) is 17. The number of benzene rings is 5. The molecule has 0 spiro atoms. The summed E-state index contributed by atoms with van der Waals surface area (Å²) in [5.41, 5.74) is 19.5. The Labute approximate surface area is 566 Å². The van der Waals surface area contributed by atoms with E-state index in [1.54, 1.807) is 67.0 Å². The van der Waals surface area contributed by atoms with Crippen LogP contribution in [-0.4, -0.2) is 110 Å². The molecule has 0 unspecified atom stereocenters. The van der Waals surface area contributed by atoms with Crippen LogP contribution in [0.3, 0.4) is 0 Å². The number of hydrogen-bond donors (Lipinski definition) is 6. The number of nitrogens with two attached hydrogens (primary N) is 1. The van der Waals surface area contributed by atoms with E-state index in [4.69, 9.17) is 38.4 Å². The molecule has 467 valence electrons. The van der Waals surface area contributed by atoms with Crippen molar-refractivity contribution in [2.45, 2.75) is 41.0 Å². The Morgan fingerprint density at radius 1 is 0.596 bits per heavy atom. The normalized spacial score (nSPS) is 10.7. The number of likely N-dealkylation sites (N-methyl/N-ethyl adjacent to an activating group) is 1. The van der Waals surface area contributed by atoms with Crippen LogP contribution in [0, 0.1) is 75.1 Å². The van der Waals surface area contributed by atoms with Gasteiger partial charge in [-0.1, -0.05) is 64.0 Å². The number of nitrogens with zero attached hydrogens (tertiary/aromatic N) is 8. The van der Waals surface area contributed by atoms with Crippen molar-refractivity contribution in [1.29, 1.82) is 0 Å². The summed E-state index contributed by atoms with van der Waals surface area (Å²) in [6.07, 6.45) is 13.7. The number of aryl methyl sites for hydroxylation is 6. The molecule has 0 fully saturated rings. The molecule has 5 aromatic carbocycles. The molecule has 0 aliphatic carbocycles. The summed E-state index contributed by atoms with van der Waals surface area (Å²) in [5.74, 6) is 0. The SMILES string of the molecule is BrBr.CO.Cc1ccc(N)cc1C1=CCN(C)CC1.Cc1ccc([N+](=O)[O-])cc1.Cc1ccc([N+](=O)[O-])cc1-c1cc[n+](C)cc1.Cc1ccc([N+](=O)[O-])cc1-c1ccncc1.Cc1ccc([N+](=O)[O-])cc1Br.O=S(=O)(O)O.OB(O)c1ccncc1.[B].[H-].[Na+]. The number of nitro groups is 4. The average molecular weight is 1450 g/mol. The molecule has 31 heteroatoms. The first-order valence-corrected chi connectivity index (χ1v) is 31.2. The molecule has 9 rings (SSSR count). The number of halogens is 3. The third-order valence-electron chi connectivity index (χ3n) is 11.8. The maximum atomic E-state index is 10.8. The van der Waals surface area contributed by atoms with E-state index in [0.29, 0.717) is 5.46 Å². The first-order chi connectivity index (χ1) is 41.0. The van der Waals surface area contributed by atoms with Crippen LogP contribution in [0.4, 0.5) is 28.4 Å². The van der Waals surface area contributed by atoms with Crippen LogP contribution in [0.15, 0.2) is 181 Å². The van der Waals surface area contributed by atoms with Gasteiger partial charge in [0.2, 0.25) is 0 Å². The van der Waals surface area contributed by atoms with Crippen LogP contribution >= 0.6 is 44.2 Å². The van der Waals surface area contributed by atoms with Gasteiger partial charge < -0.3 is 27.2 Å². The molecule has 7 N–H and O–H groups in total. The molecule has 0 amide bonds. The van der Waals surface area contributed by atoms with Crippen molar-refractivity contribution in [3.63, 3.8) is 0 Å². The zero-order valence-corrected chi connectivity index (χ0v) is 57.6. The monoisotopic (exact) mass is 1440 g/mol. The summed E-state index contributed by atoms with van der Waals surface area (Å²) in [4.78, 5) is 50.2. The topological polar surface area (TPSA) is 367 Å². The van der Waals surface area contributed by atoms with Gasteiger partial charge in [-0.3, -0.25) is 59.5 Å². The quantitative estimate of drug-likeness (QED) is 0.0208. The fourth-order valence-electron chi connectivity index (χ4n) is 7.18. The Balaban J connectivity index is -0.000000987. The smallest absolute Gasteiger partial charge is 1.00 e. The maximum absolute atomic E-state index is 10.8. The van der Waals surface area contributed by atoms with Gasteiger partial charge in [-0.05, 0) is 146 Å². The van der Waals surface area contributed by atoms with Gasteiger partial charge in [0.05, 0.1) is 19.7 Å². The maximum Gasteiger partial charge on any atom is 1.00 e.